The smallest absolute Gasteiger partial charge is 0.314 e. The van der Waals surface area contributed by atoms with Crippen molar-refractivity contribution in [2.75, 3.05) is 0 Å². The van der Waals surface area contributed by atoms with Gasteiger partial charge in [0, 0.05) is 6.20 Å². The summed E-state index contributed by atoms with van der Waals surface area (Å²) in [5.41, 5.74) is 0.175. The summed E-state index contributed by atoms with van der Waals surface area (Å²) < 4.78 is 0. The Morgan fingerprint density at radius 1 is 1.69 bits per heavy atom. The highest BCUT2D eigenvalue weighted by Crippen LogP contribution is 2.09. The molecule has 0 radical (unpaired) electrons. The van der Waals surface area contributed by atoms with Gasteiger partial charge in [-0.05, 0) is 6.42 Å². The van der Waals surface area contributed by atoms with Crippen molar-refractivity contribution in [3.63, 3.8) is 0 Å². The number of nitrogens with one attached hydrogen (secondary N) is 1. The fraction of sp³-hybridized carbons (Fsp3) is 0.375. The SMILES string of the molecule is CCC(C(=O)O)C(=O)c1c[nH]cn1. The van der Waals surface area contributed by atoms with Crippen molar-refractivity contribution in [3.8, 4) is 0 Å². The Labute approximate surface area is 74.8 Å². The Kier molecular flexibility index (Phi) is 2.79. The van der Waals surface area contributed by atoms with E-state index in [1.54, 1.807) is 6.92 Å². The molecule has 5 nitrogen and oxygen atoms in total. The van der Waals surface area contributed by atoms with Crippen LogP contribution in [0.4, 0.5) is 0 Å². The Balaban J connectivity index is 2.83. The molecule has 1 aromatic heterocycles. The normalized spacial score (nSPS) is 12.4. The predicted octanol–water partition coefficient (Wildman–Crippen LogP) is 0.703. The van der Waals surface area contributed by atoms with Gasteiger partial charge < -0.3 is 10.1 Å². The van der Waals surface area contributed by atoms with E-state index in [1.165, 1.54) is 12.5 Å². The maximum Gasteiger partial charge on any atom is 0.314 e. The second kappa shape index (κ2) is 3.84. The topological polar surface area (TPSA) is 83.0 Å². The van der Waals surface area contributed by atoms with Crippen LogP contribution >= 0.6 is 0 Å². The van der Waals surface area contributed by atoms with Gasteiger partial charge in [-0.2, -0.15) is 0 Å². The zero-order valence-electron chi connectivity index (χ0n) is 7.15. The molecular weight excluding hydrogens is 172 g/mol. The van der Waals surface area contributed by atoms with Gasteiger partial charge in [-0.1, -0.05) is 6.92 Å². The first-order chi connectivity index (χ1) is 6.16. The molecule has 1 heterocycles. The lowest BCUT2D eigenvalue weighted by Gasteiger charge is -2.04. The first-order valence-corrected chi connectivity index (χ1v) is 3.92. The summed E-state index contributed by atoms with van der Waals surface area (Å²) in [7, 11) is 0. The molecule has 1 rings (SSSR count). The molecule has 0 aliphatic rings. The van der Waals surface area contributed by atoms with Crippen LogP contribution in [0.15, 0.2) is 12.5 Å². The zero-order valence-corrected chi connectivity index (χ0v) is 7.15. The summed E-state index contributed by atoms with van der Waals surface area (Å²) in [6.45, 7) is 1.66. The molecule has 1 unspecified atom stereocenters. The Morgan fingerprint density at radius 2 is 2.38 bits per heavy atom. The van der Waals surface area contributed by atoms with E-state index >= 15 is 0 Å². The Bertz CT molecular complexity index is 305. The Hall–Kier alpha value is -1.65. The average Bonchev–Trinajstić information content (AvgIpc) is 2.56. The van der Waals surface area contributed by atoms with E-state index in [0.717, 1.165) is 0 Å². The molecule has 70 valence electrons. The molecule has 2 N–H and O–H groups in total. The van der Waals surface area contributed by atoms with Crippen molar-refractivity contribution >= 4 is 11.8 Å². The Morgan fingerprint density at radius 3 is 2.77 bits per heavy atom. The number of ketones is 1. The number of aliphatic carboxylic acids is 1. The minimum Gasteiger partial charge on any atom is -0.481 e. The summed E-state index contributed by atoms with van der Waals surface area (Å²) in [6, 6.07) is 0. The van der Waals surface area contributed by atoms with E-state index in [9.17, 15) is 9.59 Å². The highest BCUT2D eigenvalue weighted by molar-refractivity contribution is 6.06. The molecule has 0 aliphatic carbocycles. The van der Waals surface area contributed by atoms with Crippen LogP contribution in [-0.2, 0) is 4.79 Å². The molecule has 0 saturated carbocycles. The standard InChI is InChI=1S/C8H10N2O3/c1-2-5(8(12)13)7(11)6-3-9-4-10-6/h3-5H,2H2,1H3,(H,9,10)(H,12,13). The van der Waals surface area contributed by atoms with Crippen LogP contribution in [-0.4, -0.2) is 26.8 Å². The van der Waals surface area contributed by atoms with E-state index in [0.29, 0.717) is 0 Å². The van der Waals surface area contributed by atoms with Gasteiger partial charge in [0.05, 0.1) is 6.33 Å². The first kappa shape index (κ1) is 9.44. The van der Waals surface area contributed by atoms with Crippen LogP contribution in [0, 0.1) is 5.92 Å². The van der Waals surface area contributed by atoms with Gasteiger partial charge in [0.2, 0.25) is 0 Å². The third kappa shape index (κ3) is 1.93. The van der Waals surface area contributed by atoms with E-state index in [1.807, 2.05) is 0 Å². The summed E-state index contributed by atoms with van der Waals surface area (Å²) in [5.74, 6) is -2.53. The highest BCUT2D eigenvalue weighted by Gasteiger charge is 2.26. The number of Topliss-reactive ketones (excluding diaryl/α,β-unsaturated/α-hetero) is 1. The van der Waals surface area contributed by atoms with Crippen LogP contribution in [0.1, 0.15) is 23.8 Å². The lowest BCUT2D eigenvalue weighted by atomic mass is 10.00. The van der Waals surface area contributed by atoms with E-state index in [4.69, 9.17) is 5.11 Å². The quantitative estimate of drug-likeness (QED) is 0.530. The minimum atomic E-state index is -1.10. The van der Waals surface area contributed by atoms with Crippen LogP contribution in [0.3, 0.4) is 0 Å². The first-order valence-electron chi connectivity index (χ1n) is 3.92. The van der Waals surface area contributed by atoms with Crippen molar-refractivity contribution in [3.05, 3.63) is 18.2 Å². The van der Waals surface area contributed by atoms with Crippen molar-refractivity contribution in [1.29, 1.82) is 0 Å². The third-order valence-electron chi connectivity index (χ3n) is 1.77. The highest BCUT2D eigenvalue weighted by atomic mass is 16.4. The fourth-order valence-corrected chi connectivity index (χ4v) is 1.05. The van der Waals surface area contributed by atoms with Crippen LogP contribution in [0.25, 0.3) is 0 Å². The molecule has 0 amide bonds. The lowest BCUT2D eigenvalue weighted by molar-refractivity contribution is -0.140. The van der Waals surface area contributed by atoms with Gasteiger partial charge in [-0.25, -0.2) is 4.98 Å². The molecule has 1 aromatic rings. The number of imidazole rings is 1. The van der Waals surface area contributed by atoms with Gasteiger partial charge >= 0.3 is 5.97 Å². The number of nitrogens with zero attached hydrogens (tertiary/aromatic N) is 1. The minimum absolute atomic E-state index is 0.175. The maximum atomic E-state index is 11.4. The fourth-order valence-electron chi connectivity index (χ4n) is 1.05. The molecule has 0 aromatic carbocycles. The number of H-pyrrole nitrogens is 1. The molecule has 0 spiro atoms. The number of aromatic amines is 1. The maximum absolute atomic E-state index is 11.4. The van der Waals surface area contributed by atoms with Crippen LogP contribution < -0.4 is 0 Å². The summed E-state index contributed by atoms with van der Waals surface area (Å²) >= 11 is 0. The van der Waals surface area contributed by atoms with Gasteiger partial charge in [0.15, 0.2) is 5.78 Å². The largest absolute Gasteiger partial charge is 0.481 e. The number of aromatic nitrogens is 2. The number of carbonyl (C=O) groups excluding carboxylic acids is 1. The second-order valence-corrected chi connectivity index (χ2v) is 2.62. The van der Waals surface area contributed by atoms with E-state index in [-0.39, 0.29) is 12.1 Å². The predicted molar refractivity (Wildman–Crippen MR) is 44.3 cm³/mol. The van der Waals surface area contributed by atoms with Crippen molar-refractivity contribution in [1.82, 2.24) is 9.97 Å². The molecule has 0 fully saturated rings. The van der Waals surface area contributed by atoms with Gasteiger partial charge in [0.25, 0.3) is 0 Å². The summed E-state index contributed by atoms with van der Waals surface area (Å²) in [5, 5.41) is 8.68. The van der Waals surface area contributed by atoms with E-state index in [2.05, 4.69) is 9.97 Å². The third-order valence-corrected chi connectivity index (χ3v) is 1.77. The second-order valence-electron chi connectivity index (χ2n) is 2.62. The monoisotopic (exact) mass is 182 g/mol. The molecule has 0 aliphatic heterocycles. The molecular formula is C8H10N2O3. The number of carboxylic acids is 1. The average molecular weight is 182 g/mol. The van der Waals surface area contributed by atoms with Crippen LogP contribution in [0.2, 0.25) is 0 Å². The zero-order chi connectivity index (χ0) is 9.84. The molecule has 5 heteroatoms. The number of rotatable bonds is 4. The van der Waals surface area contributed by atoms with Gasteiger partial charge in [-0.3, -0.25) is 9.59 Å². The van der Waals surface area contributed by atoms with E-state index < -0.39 is 17.7 Å². The van der Waals surface area contributed by atoms with Gasteiger partial charge in [0.1, 0.15) is 11.6 Å². The number of carbonyl (C=O) groups is 2. The van der Waals surface area contributed by atoms with Crippen molar-refractivity contribution < 1.29 is 14.7 Å². The lowest BCUT2D eigenvalue weighted by Crippen LogP contribution is -2.23. The number of hydrogen-bond donors (Lipinski definition) is 2. The van der Waals surface area contributed by atoms with Gasteiger partial charge in [-0.15, -0.1) is 0 Å². The summed E-state index contributed by atoms with van der Waals surface area (Å²) in [4.78, 5) is 28.3. The summed E-state index contributed by atoms with van der Waals surface area (Å²) in [6.07, 6.45) is 3.02. The number of hydrogen-bond acceptors (Lipinski definition) is 3. The molecule has 13 heavy (non-hydrogen) atoms. The molecule has 0 saturated heterocycles. The van der Waals surface area contributed by atoms with Crippen molar-refractivity contribution in [2.45, 2.75) is 13.3 Å². The molecule has 1 atom stereocenters. The number of carboxylic acid groups (broad SMARTS) is 1. The molecule has 0 bridgehead atoms. The van der Waals surface area contributed by atoms with Crippen LogP contribution in [0.5, 0.6) is 0 Å². The van der Waals surface area contributed by atoms with Crippen molar-refractivity contribution in [2.24, 2.45) is 5.92 Å².